The Morgan fingerprint density at radius 2 is 2.00 bits per heavy atom. The number of rotatable bonds is 4. The lowest BCUT2D eigenvalue weighted by molar-refractivity contribution is -0.113. The van der Waals surface area contributed by atoms with E-state index in [0.717, 1.165) is 21.6 Å². The largest absolute Gasteiger partial charge is 0.338 e. The smallest absolute Gasteiger partial charge is 0.237 e. The van der Waals surface area contributed by atoms with Crippen molar-refractivity contribution in [3.05, 3.63) is 48.2 Å². The number of carbonyl (C=O) groups is 1. The number of nitrogens with one attached hydrogen (secondary N) is 1. The molecule has 0 spiro atoms. The number of aromatic nitrogens is 2. The molecule has 5 nitrogen and oxygen atoms in total. The fourth-order valence-corrected chi connectivity index (χ4v) is 2.81. The molecule has 0 bridgehead atoms. The molecule has 3 rings (SSSR count). The van der Waals surface area contributed by atoms with Gasteiger partial charge in [-0.1, -0.05) is 62.0 Å². The van der Waals surface area contributed by atoms with Crippen molar-refractivity contribution < 1.29 is 9.32 Å². The number of para-hydroxylation sites is 1. The Balaban J connectivity index is 1.59. The molecule has 124 valence electrons. The number of anilines is 1. The van der Waals surface area contributed by atoms with Crippen molar-refractivity contribution in [1.29, 1.82) is 0 Å². The number of hydrogen-bond acceptors (Lipinski definition) is 5. The minimum atomic E-state index is -0.147. The van der Waals surface area contributed by atoms with E-state index < -0.39 is 0 Å². The van der Waals surface area contributed by atoms with Gasteiger partial charge in [0.15, 0.2) is 0 Å². The molecule has 3 aromatic rings. The van der Waals surface area contributed by atoms with E-state index in [2.05, 4.69) is 15.5 Å². The third-order valence-corrected chi connectivity index (χ3v) is 4.39. The normalized spacial score (nSPS) is 11.6. The zero-order chi connectivity index (χ0) is 17.2. The van der Waals surface area contributed by atoms with Gasteiger partial charge >= 0.3 is 0 Å². The molecule has 1 amide bonds. The highest BCUT2D eigenvalue weighted by Gasteiger charge is 2.19. The lowest BCUT2D eigenvalue weighted by Gasteiger charge is -2.12. The lowest BCUT2D eigenvalue weighted by atomic mass is 9.92. The Labute approximate surface area is 144 Å². The van der Waals surface area contributed by atoms with Gasteiger partial charge in [-0.25, -0.2) is 4.98 Å². The first kappa shape index (κ1) is 16.5. The van der Waals surface area contributed by atoms with Crippen LogP contribution in [0.25, 0.3) is 10.9 Å². The Morgan fingerprint density at radius 1 is 1.21 bits per heavy atom. The summed E-state index contributed by atoms with van der Waals surface area (Å²) < 4.78 is 5.16. The molecule has 0 unspecified atom stereocenters. The molecule has 0 atom stereocenters. The Morgan fingerprint density at radius 3 is 2.75 bits per heavy atom. The maximum absolute atomic E-state index is 12.1. The molecule has 0 fully saturated rings. The first-order valence-corrected chi connectivity index (χ1v) is 8.66. The predicted octanol–water partition coefficient (Wildman–Crippen LogP) is 4.25. The SMILES string of the molecule is CC(C)(C)c1cc(NC(=O)CSc2ccc3ccccc3n2)on1. The van der Waals surface area contributed by atoms with E-state index in [0.29, 0.717) is 5.88 Å². The van der Waals surface area contributed by atoms with E-state index in [9.17, 15) is 4.79 Å². The van der Waals surface area contributed by atoms with Crippen molar-refractivity contribution >= 4 is 34.5 Å². The van der Waals surface area contributed by atoms with Gasteiger partial charge in [0.1, 0.15) is 0 Å². The van der Waals surface area contributed by atoms with Crippen molar-refractivity contribution in [2.45, 2.75) is 31.2 Å². The lowest BCUT2D eigenvalue weighted by Crippen LogP contribution is -2.14. The van der Waals surface area contributed by atoms with Crippen LogP contribution in [0, 0.1) is 0 Å². The first-order chi connectivity index (χ1) is 11.4. The number of amides is 1. The highest BCUT2D eigenvalue weighted by atomic mass is 32.2. The van der Waals surface area contributed by atoms with Crippen LogP contribution in [0.15, 0.2) is 52.0 Å². The summed E-state index contributed by atoms with van der Waals surface area (Å²) in [5, 5.41) is 8.61. The van der Waals surface area contributed by atoms with Crippen LogP contribution >= 0.6 is 11.8 Å². The first-order valence-electron chi connectivity index (χ1n) is 7.67. The molecule has 0 aliphatic heterocycles. The van der Waals surface area contributed by atoms with E-state index in [1.54, 1.807) is 6.07 Å². The van der Waals surface area contributed by atoms with Gasteiger partial charge in [-0.2, -0.15) is 0 Å². The van der Waals surface area contributed by atoms with Crippen molar-refractivity contribution in [2.75, 3.05) is 11.1 Å². The second-order valence-electron chi connectivity index (χ2n) is 6.51. The van der Waals surface area contributed by atoms with Crippen molar-refractivity contribution in [2.24, 2.45) is 0 Å². The van der Waals surface area contributed by atoms with Crippen LogP contribution in [0.4, 0.5) is 5.88 Å². The number of carbonyl (C=O) groups excluding carboxylic acids is 1. The van der Waals surface area contributed by atoms with E-state index >= 15 is 0 Å². The molecule has 0 radical (unpaired) electrons. The van der Waals surface area contributed by atoms with E-state index in [1.165, 1.54) is 11.8 Å². The molecule has 0 aliphatic rings. The predicted molar refractivity (Wildman–Crippen MR) is 96.3 cm³/mol. The van der Waals surface area contributed by atoms with Crippen molar-refractivity contribution in [1.82, 2.24) is 10.1 Å². The zero-order valence-electron chi connectivity index (χ0n) is 13.9. The zero-order valence-corrected chi connectivity index (χ0v) is 14.7. The average Bonchev–Trinajstić information content (AvgIpc) is 3.01. The van der Waals surface area contributed by atoms with Gasteiger partial charge in [0.2, 0.25) is 11.8 Å². The number of fused-ring (bicyclic) bond motifs is 1. The standard InChI is InChI=1S/C18H19N3O2S/c1-18(2,3)14-10-16(23-21-14)20-15(22)11-24-17-9-8-12-6-4-5-7-13(12)19-17/h4-10H,11H2,1-3H3,(H,20,22). The average molecular weight is 341 g/mol. The summed E-state index contributed by atoms with van der Waals surface area (Å²) in [6, 6.07) is 13.6. The van der Waals surface area contributed by atoms with Gasteiger partial charge in [0.25, 0.3) is 0 Å². The molecule has 2 aromatic heterocycles. The summed E-state index contributed by atoms with van der Waals surface area (Å²) in [5.74, 6) is 0.486. The summed E-state index contributed by atoms with van der Waals surface area (Å²) in [5.41, 5.74) is 1.62. The molecule has 1 aromatic carbocycles. The monoisotopic (exact) mass is 341 g/mol. The summed E-state index contributed by atoms with van der Waals surface area (Å²) in [6.45, 7) is 6.12. The van der Waals surface area contributed by atoms with E-state index in [4.69, 9.17) is 4.52 Å². The summed E-state index contributed by atoms with van der Waals surface area (Å²) in [7, 11) is 0. The van der Waals surface area contributed by atoms with Crippen LogP contribution in [-0.2, 0) is 10.2 Å². The fraction of sp³-hybridized carbons (Fsp3) is 0.278. The van der Waals surface area contributed by atoms with Crippen LogP contribution in [0.2, 0.25) is 0 Å². The second-order valence-corrected chi connectivity index (χ2v) is 7.50. The Bertz CT molecular complexity index is 868. The molecular weight excluding hydrogens is 322 g/mol. The van der Waals surface area contributed by atoms with Gasteiger partial charge in [-0.05, 0) is 12.1 Å². The topological polar surface area (TPSA) is 68.0 Å². The van der Waals surface area contributed by atoms with Crippen LogP contribution in [0.5, 0.6) is 0 Å². The van der Waals surface area contributed by atoms with Crippen molar-refractivity contribution in [3.63, 3.8) is 0 Å². The highest BCUT2D eigenvalue weighted by molar-refractivity contribution is 7.99. The Hall–Kier alpha value is -2.34. The molecule has 6 heteroatoms. The maximum Gasteiger partial charge on any atom is 0.237 e. The molecule has 1 N–H and O–H groups in total. The van der Waals surface area contributed by atoms with Crippen LogP contribution in [0.1, 0.15) is 26.5 Å². The van der Waals surface area contributed by atoms with Crippen LogP contribution < -0.4 is 5.32 Å². The summed E-state index contributed by atoms with van der Waals surface area (Å²) in [6.07, 6.45) is 0. The minimum Gasteiger partial charge on any atom is -0.338 e. The number of nitrogens with zero attached hydrogens (tertiary/aromatic N) is 2. The number of benzene rings is 1. The molecule has 0 saturated carbocycles. The van der Waals surface area contributed by atoms with Gasteiger partial charge in [0, 0.05) is 16.9 Å². The Kier molecular flexibility index (Phi) is 4.57. The van der Waals surface area contributed by atoms with Gasteiger partial charge in [0.05, 0.1) is 22.0 Å². The highest BCUT2D eigenvalue weighted by Crippen LogP contribution is 2.24. The van der Waals surface area contributed by atoms with Gasteiger partial charge in [-0.15, -0.1) is 0 Å². The maximum atomic E-state index is 12.1. The molecule has 0 aliphatic carbocycles. The molecule has 0 saturated heterocycles. The summed E-state index contributed by atoms with van der Waals surface area (Å²) in [4.78, 5) is 16.6. The fourth-order valence-electron chi connectivity index (χ4n) is 2.13. The minimum absolute atomic E-state index is 0.115. The second kappa shape index (κ2) is 6.65. The molecule has 2 heterocycles. The molecule has 24 heavy (non-hydrogen) atoms. The number of hydrogen-bond donors (Lipinski definition) is 1. The molecular formula is C18H19N3O2S. The van der Waals surface area contributed by atoms with E-state index in [1.807, 2.05) is 57.2 Å². The van der Waals surface area contributed by atoms with Gasteiger partial charge in [-0.3, -0.25) is 10.1 Å². The van der Waals surface area contributed by atoms with Crippen LogP contribution in [-0.4, -0.2) is 21.8 Å². The van der Waals surface area contributed by atoms with E-state index in [-0.39, 0.29) is 17.1 Å². The van der Waals surface area contributed by atoms with Crippen molar-refractivity contribution in [3.8, 4) is 0 Å². The van der Waals surface area contributed by atoms with Crippen LogP contribution in [0.3, 0.4) is 0 Å². The number of pyridine rings is 1. The quantitative estimate of drug-likeness (QED) is 0.719. The third kappa shape index (κ3) is 3.94. The number of thioether (sulfide) groups is 1. The summed E-state index contributed by atoms with van der Waals surface area (Å²) >= 11 is 1.39. The third-order valence-electron chi connectivity index (χ3n) is 3.47. The van der Waals surface area contributed by atoms with Gasteiger partial charge < -0.3 is 4.52 Å².